The van der Waals surface area contributed by atoms with Gasteiger partial charge in [0.15, 0.2) is 5.78 Å². The van der Waals surface area contributed by atoms with Crippen LogP contribution in [0.15, 0.2) is 23.3 Å². The van der Waals surface area contributed by atoms with Crippen molar-refractivity contribution in [3.63, 3.8) is 0 Å². The van der Waals surface area contributed by atoms with Gasteiger partial charge in [-0.3, -0.25) is 4.79 Å². The Morgan fingerprint density at radius 3 is 2.29 bits per heavy atom. The van der Waals surface area contributed by atoms with Crippen LogP contribution in [0.4, 0.5) is 0 Å². The van der Waals surface area contributed by atoms with E-state index in [1.165, 1.54) is 0 Å². The molecule has 2 nitrogen and oxygen atoms in total. The quantitative estimate of drug-likeness (QED) is 0.652. The van der Waals surface area contributed by atoms with E-state index in [-0.39, 0.29) is 16.6 Å². The number of rotatable bonds is 0. The summed E-state index contributed by atoms with van der Waals surface area (Å²) < 4.78 is 0. The van der Waals surface area contributed by atoms with Crippen molar-refractivity contribution >= 4 is 5.78 Å². The molecule has 0 radical (unpaired) electrons. The molecule has 3 aliphatic rings. The Hall–Kier alpha value is -0.890. The zero-order valence-electron chi connectivity index (χ0n) is 10.9. The van der Waals surface area contributed by atoms with Gasteiger partial charge in [0.1, 0.15) is 0 Å². The van der Waals surface area contributed by atoms with Gasteiger partial charge in [0.25, 0.3) is 0 Å². The summed E-state index contributed by atoms with van der Waals surface area (Å²) in [5, 5.41) is 10.9. The lowest BCUT2D eigenvalue weighted by Crippen LogP contribution is -2.45. The van der Waals surface area contributed by atoms with Gasteiger partial charge in [-0.2, -0.15) is 0 Å². The van der Waals surface area contributed by atoms with E-state index in [9.17, 15) is 9.90 Å². The van der Waals surface area contributed by atoms with Gasteiger partial charge in [0.2, 0.25) is 0 Å². The Balaban J connectivity index is 2.16. The summed E-state index contributed by atoms with van der Waals surface area (Å²) in [5.74, 6) is 0.120. The molecule has 0 saturated heterocycles. The van der Waals surface area contributed by atoms with Crippen molar-refractivity contribution in [3.05, 3.63) is 23.3 Å². The van der Waals surface area contributed by atoms with Crippen LogP contribution in [-0.4, -0.2) is 16.5 Å². The fraction of sp³-hybridized carbons (Fsp3) is 0.667. The maximum Gasteiger partial charge on any atom is 0.185 e. The molecule has 1 atom stereocenters. The van der Waals surface area contributed by atoms with Crippen molar-refractivity contribution in [2.75, 3.05) is 0 Å². The predicted molar refractivity (Wildman–Crippen MR) is 66.5 cm³/mol. The summed E-state index contributed by atoms with van der Waals surface area (Å²) in [4.78, 5) is 12.4. The Kier molecular flexibility index (Phi) is 1.81. The van der Waals surface area contributed by atoms with E-state index >= 15 is 0 Å². The van der Waals surface area contributed by atoms with Crippen molar-refractivity contribution in [1.82, 2.24) is 0 Å². The molecule has 1 N–H and O–H groups in total. The van der Waals surface area contributed by atoms with Crippen LogP contribution >= 0.6 is 0 Å². The maximum atomic E-state index is 12.4. The lowest BCUT2D eigenvalue weighted by atomic mass is 9.67. The lowest BCUT2D eigenvalue weighted by molar-refractivity contribution is -0.115. The second-order valence-corrected chi connectivity index (χ2v) is 6.94. The standard InChI is InChI=1S/C15H20O2/c1-9-12(16)10-7-13(2,3)8-11(10)14(4,17)15(9)5-6-15/h17H,1,5-8H2,2-4H3/t14-/m1/s1. The molecular weight excluding hydrogens is 212 g/mol. The first-order valence-electron chi connectivity index (χ1n) is 6.40. The third kappa shape index (κ3) is 1.17. The van der Waals surface area contributed by atoms with Gasteiger partial charge in [0, 0.05) is 16.6 Å². The molecule has 0 heterocycles. The van der Waals surface area contributed by atoms with Crippen molar-refractivity contribution in [2.24, 2.45) is 10.8 Å². The highest BCUT2D eigenvalue weighted by molar-refractivity contribution is 6.12. The molecule has 3 aliphatic carbocycles. The van der Waals surface area contributed by atoms with E-state index in [0.717, 1.165) is 36.8 Å². The number of hydrogen-bond acceptors (Lipinski definition) is 2. The Morgan fingerprint density at radius 2 is 1.76 bits per heavy atom. The van der Waals surface area contributed by atoms with E-state index in [1.807, 2.05) is 6.92 Å². The normalized spacial score (nSPS) is 37.6. The summed E-state index contributed by atoms with van der Waals surface area (Å²) in [6.45, 7) is 10.2. The number of hydrogen-bond donors (Lipinski definition) is 1. The second-order valence-electron chi connectivity index (χ2n) is 6.94. The largest absolute Gasteiger partial charge is 0.385 e. The van der Waals surface area contributed by atoms with Crippen LogP contribution in [0.2, 0.25) is 0 Å². The summed E-state index contributed by atoms with van der Waals surface area (Å²) in [7, 11) is 0. The third-order valence-corrected chi connectivity index (χ3v) is 5.07. The molecule has 92 valence electrons. The maximum absolute atomic E-state index is 12.4. The van der Waals surface area contributed by atoms with E-state index in [4.69, 9.17) is 0 Å². The Bertz CT molecular complexity index is 473. The van der Waals surface area contributed by atoms with Crippen LogP contribution in [0.5, 0.6) is 0 Å². The highest BCUT2D eigenvalue weighted by Crippen LogP contribution is 2.67. The molecule has 3 rings (SSSR count). The molecule has 0 aromatic rings. The van der Waals surface area contributed by atoms with Gasteiger partial charge in [0.05, 0.1) is 5.60 Å². The van der Waals surface area contributed by atoms with E-state index in [0.29, 0.717) is 5.57 Å². The minimum Gasteiger partial charge on any atom is -0.385 e. The molecule has 1 spiro atoms. The van der Waals surface area contributed by atoms with Crippen LogP contribution in [-0.2, 0) is 4.79 Å². The average molecular weight is 232 g/mol. The highest BCUT2D eigenvalue weighted by Gasteiger charge is 2.65. The van der Waals surface area contributed by atoms with E-state index < -0.39 is 5.60 Å². The molecule has 0 bridgehead atoms. The zero-order valence-corrected chi connectivity index (χ0v) is 10.9. The minimum absolute atomic E-state index is 0.102. The lowest BCUT2D eigenvalue weighted by Gasteiger charge is -2.40. The van der Waals surface area contributed by atoms with E-state index in [2.05, 4.69) is 20.4 Å². The number of aliphatic hydroxyl groups is 1. The van der Waals surface area contributed by atoms with Crippen LogP contribution in [0, 0.1) is 10.8 Å². The molecule has 17 heavy (non-hydrogen) atoms. The Labute approximate surface area is 102 Å². The number of ketones is 1. The van der Waals surface area contributed by atoms with Crippen molar-refractivity contribution in [2.45, 2.75) is 52.1 Å². The number of allylic oxidation sites excluding steroid dienone is 1. The van der Waals surface area contributed by atoms with E-state index in [1.54, 1.807) is 0 Å². The molecule has 0 aromatic heterocycles. The minimum atomic E-state index is -0.846. The Morgan fingerprint density at radius 1 is 1.18 bits per heavy atom. The number of Topliss-reactive ketones (excluding diaryl/α,β-unsaturated/α-hetero) is 1. The van der Waals surface area contributed by atoms with Crippen LogP contribution < -0.4 is 0 Å². The third-order valence-electron chi connectivity index (χ3n) is 5.07. The fourth-order valence-corrected chi connectivity index (χ4v) is 3.81. The topological polar surface area (TPSA) is 37.3 Å². The van der Waals surface area contributed by atoms with Crippen LogP contribution in [0.1, 0.15) is 46.5 Å². The molecule has 1 fully saturated rings. The van der Waals surface area contributed by atoms with Gasteiger partial charge in [-0.1, -0.05) is 20.4 Å². The number of carbonyl (C=O) groups is 1. The zero-order chi connectivity index (χ0) is 12.6. The van der Waals surface area contributed by atoms with Gasteiger partial charge >= 0.3 is 0 Å². The molecule has 1 saturated carbocycles. The first-order valence-corrected chi connectivity index (χ1v) is 6.40. The first kappa shape index (κ1) is 11.2. The molecule has 0 aliphatic heterocycles. The molecule has 0 amide bonds. The number of carbonyl (C=O) groups excluding carboxylic acids is 1. The second kappa shape index (κ2) is 2.74. The van der Waals surface area contributed by atoms with Crippen molar-refractivity contribution in [1.29, 1.82) is 0 Å². The van der Waals surface area contributed by atoms with Crippen molar-refractivity contribution in [3.8, 4) is 0 Å². The SMILES string of the molecule is C=C1C(=O)C2=C(CC(C)(C)C2)[C@@](C)(O)C12CC2. The molecular formula is C15H20O2. The van der Waals surface area contributed by atoms with Gasteiger partial charge in [-0.25, -0.2) is 0 Å². The average Bonchev–Trinajstić information content (AvgIpc) is 2.95. The van der Waals surface area contributed by atoms with Gasteiger partial charge in [-0.05, 0) is 43.6 Å². The summed E-state index contributed by atoms with van der Waals surface area (Å²) in [5.41, 5.74) is 1.43. The van der Waals surface area contributed by atoms with Gasteiger partial charge in [-0.15, -0.1) is 0 Å². The highest BCUT2D eigenvalue weighted by atomic mass is 16.3. The smallest absolute Gasteiger partial charge is 0.185 e. The summed E-state index contributed by atoms with van der Waals surface area (Å²) >= 11 is 0. The summed E-state index contributed by atoms with van der Waals surface area (Å²) in [6.07, 6.45) is 3.44. The van der Waals surface area contributed by atoms with Crippen molar-refractivity contribution < 1.29 is 9.90 Å². The fourth-order valence-electron chi connectivity index (χ4n) is 3.81. The molecule has 0 aromatic carbocycles. The van der Waals surface area contributed by atoms with Crippen LogP contribution in [0.25, 0.3) is 0 Å². The van der Waals surface area contributed by atoms with Crippen LogP contribution in [0.3, 0.4) is 0 Å². The predicted octanol–water partition coefficient (Wildman–Crippen LogP) is 2.77. The van der Waals surface area contributed by atoms with Gasteiger partial charge < -0.3 is 5.11 Å². The molecule has 2 heteroatoms. The monoisotopic (exact) mass is 232 g/mol. The molecule has 0 unspecified atom stereocenters. The summed E-state index contributed by atoms with van der Waals surface area (Å²) in [6, 6.07) is 0. The first-order chi connectivity index (χ1) is 7.71.